The number of amides is 2. The first-order valence-electron chi connectivity index (χ1n) is 6.23. The predicted octanol–water partition coefficient (Wildman–Crippen LogP) is 0.991. The molecule has 0 aliphatic rings. The van der Waals surface area contributed by atoms with Gasteiger partial charge in [-0.15, -0.1) is 0 Å². The minimum Gasteiger partial charge on any atom is -0.478 e. The molecule has 1 aromatic heterocycles. The van der Waals surface area contributed by atoms with E-state index in [2.05, 4.69) is 10.1 Å². The third-order valence-electron chi connectivity index (χ3n) is 2.84. The van der Waals surface area contributed by atoms with Gasteiger partial charge in [0.25, 0.3) is 0 Å². The maximum absolute atomic E-state index is 11.7. The molecule has 0 radical (unpaired) electrons. The van der Waals surface area contributed by atoms with E-state index in [0.717, 1.165) is 0 Å². The summed E-state index contributed by atoms with van der Waals surface area (Å²) in [4.78, 5) is 34.9. The van der Waals surface area contributed by atoms with E-state index in [4.69, 9.17) is 9.52 Å². The molecular weight excluding hydrogens is 280 g/mol. The Balaban J connectivity index is 2.47. The summed E-state index contributed by atoms with van der Waals surface area (Å²) in [6, 6.07) is 0.969. The van der Waals surface area contributed by atoms with Crippen LogP contribution in [0.1, 0.15) is 28.3 Å². The van der Waals surface area contributed by atoms with Crippen LogP contribution in [0.4, 0.5) is 4.79 Å². The summed E-state index contributed by atoms with van der Waals surface area (Å²) in [7, 11) is 2.82. The van der Waals surface area contributed by atoms with Gasteiger partial charge in [0, 0.05) is 13.6 Å². The zero-order valence-corrected chi connectivity index (χ0v) is 12.1. The normalized spacial score (nSPS) is 10.0. The van der Waals surface area contributed by atoms with Crippen molar-refractivity contribution in [3.05, 3.63) is 23.2 Å². The van der Waals surface area contributed by atoms with E-state index < -0.39 is 18.0 Å². The summed E-state index contributed by atoms with van der Waals surface area (Å²) >= 11 is 0. The van der Waals surface area contributed by atoms with Crippen LogP contribution in [0.15, 0.2) is 10.5 Å². The highest BCUT2D eigenvalue weighted by molar-refractivity contribution is 5.88. The van der Waals surface area contributed by atoms with Crippen LogP contribution < -0.4 is 5.32 Å². The fourth-order valence-corrected chi connectivity index (χ4v) is 1.60. The number of carboxylic acids is 1. The molecule has 0 bridgehead atoms. The molecule has 0 saturated heterocycles. The third-order valence-corrected chi connectivity index (χ3v) is 2.84. The summed E-state index contributed by atoms with van der Waals surface area (Å²) in [5, 5.41) is 11.5. The lowest BCUT2D eigenvalue weighted by Gasteiger charge is -2.16. The molecule has 0 atom stereocenters. The van der Waals surface area contributed by atoms with Gasteiger partial charge in [-0.3, -0.25) is 4.79 Å². The van der Waals surface area contributed by atoms with Crippen LogP contribution in [0.2, 0.25) is 0 Å². The van der Waals surface area contributed by atoms with Crippen molar-refractivity contribution < 1.29 is 28.6 Å². The zero-order valence-electron chi connectivity index (χ0n) is 12.1. The van der Waals surface area contributed by atoms with Gasteiger partial charge in [0.1, 0.15) is 17.1 Å². The number of carbonyl (C=O) groups is 3. The van der Waals surface area contributed by atoms with Gasteiger partial charge in [0.15, 0.2) is 0 Å². The Bertz CT molecular complexity index is 537. The number of esters is 1. The Labute approximate surface area is 121 Å². The smallest absolute Gasteiger partial charge is 0.339 e. The number of hydrogen-bond donors (Lipinski definition) is 2. The number of ether oxygens (including phenoxy) is 1. The molecular formula is C13H18N2O6. The first-order chi connectivity index (χ1) is 9.85. The molecule has 116 valence electrons. The lowest BCUT2D eigenvalue weighted by atomic mass is 10.2. The highest BCUT2D eigenvalue weighted by Gasteiger charge is 2.15. The summed E-state index contributed by atoms with van der Waals surface area (Å²) in [6.45, 7) is 1.82. The second-order valence-electron chi connectivity index (χ2n) is 4.39. The first kappa shape index (κ1) is 16.5. The number of aromatic carboxylic acids is 1. The molecule has 21 heavy (non-hydrogen) atoms. The van der Waals surface area contributed by atoms with Crippen molar-refractivity contribution in [2.75, 3.05) is 20.7 Å². The van der Waals surface area contributed by atoms with Crippen molar-refractivity contribution in [1.82, 2.24) is 10.2 Å². The van der Waals surface area contributed by atoms with Crippen LogP contribution in [0.5, 0.6) is 0 Å². The number of hydrogen-bond acceptors (Lipinski definition) is 5. The Hall–Kier alpha value is -2.51. The van der Waals surface area contributed by atoms with E-state index in [9.17, 15) is 14.4 Å². The topological polar surface area (TPSA) is 109 Å². The van der Waals surface area contributed by atoms with Crippen molar-refractivity contribution in [2.45, 2.75) is 19.9 Å². The molecule has 0 fully saturated rings. The number of furan rings is 1. The summed E-state index contributed by atoms with van der Waals surface area (Å²) < 4.78 is 9.71. The largest absolute Gasteiger partial charge is 0.478 e. The molecule has 0 aliphatic carbocycles. The van der Waals surface area contributed by atoms with E-state index in [1.54, 1.807) is 0 Å². The van der Waals surface area contributed by atoms with E-state index in [1.807, 2.05) is 0 Å². The number of urea groups is 1. The van der Waals surface area contributed by atoms with Gasteiger partial charge in [-0.1, -0.05) is 0 Å². The Kier molecular flexibility index (Phi) is 5.77. The fraction of sp³-hybridized carbons (Fsp3) is 0.462. The first-order valence-corrected chi connectivity index (χ1v) is 6.23. The lowest BCUT2D eigenvalue weighted by Crippen LogP contribution is -2.38. The van der Waals surface area contributed by atoms with Gasteiger partial charge in [0.2, 0.25) is 0 Å². The van der Waals surface area contributed by atoms with Crippen LogP contribution in [0.25, 0.3) is 0 Å². The van der Waals surface area contributed by atoms with Gasteiger partial charge >= 0.3 is 18.0 Å². The van der Waals surface area contributed by atoms with Gasteiger partial charge < -0.3 is 24.5 Å². The standard InChI is InChI=1S/C13H18N2O6/c1-8-10(12(17)18)6-9(21-8)7-14-13(19)15(2)5-4-11(16)20-3/h6H,4-5,7H2,1-3H3,(H,14,19)(H,17,18). The SMILES string of the molecule is COC(=O)CCN(C)C(=O)NCc1cc(C(=O)O)c(C)o1. The summed E-state index contributed by atoms with van der Waals surface area (Å²) in [5.41, 5.74) is 0.0679. The van der Waals surface area contributed by atoms with Crippen LogP contribution in [0.3, 0.4) is 0 Å². The number of carbonyl (C=O) groups excluding carboxylic acids is 2. The quantitative estimate of drug-likeness (QED) is 0.758. The number of nitrogens with zero attached hydrogens (tertiary/aromatic N) is 1. The van der Waals surface area contributed by atoms with E-state index >= 15 is 0 Å². The number of methoxy groups -OCH3 is 1. The zero-order chi connectivity index (χ0) is 16.0. The Morgan fingerprint density at radius 1 is 1.43 bits per heavy atom. The van der Waals surface area contributed by atoms with E-state index in [0.29, 0.717) is 5.76 Å². The average Bonchev–Trinajstić information content (AvgIpc) is 2.82. The molecule has 1 heterocycles. The second kappa shape index (κ2) is 7.32. The van der Waals surface area contributed by atoms with Crippen molar-refractivity contribution in [1.29, 1.82) is 0 Å². The van der Waals surface area contributed by atoms with Gasteiger partial charge in [-0.25, -0.2) is 9.59 Å². The number of rotatable bonds is 6. The summed E-state index contributed by atoms with van der Waals surface area (Å²) in [5.74, 6) is -0.850. The number of nitrogens with one attached hydrogen (secondary N) is 1. The van der Waals surface area contributed by atoms with Crippen molar-refractivity contribution in [2.24, 2.45) is 0 Å². The van der Waals surface area contributed by atoms with Crippen LogP contribution >= 0.6 is 0 Å². The van der Waals surface area contributed by atoms with Gasteiger partial charge in [-0.2, -0.15) is 0 Å². The van der Waals surface area contributed by atoms with Crippen molar-refractivity contribution >= 4 is 18.0 Å². The predicted molar refractivity (Wildman–Crippen MR) is 71.9 cm³/mol. The fourth-order valence-electron chi connectivity index (χ4n) is 1.60. The van der Waals surface area contributed by atoms with Crippen molar-refractivity contribution in [3.63, 3.8) is 0 Å². The van der Waals surface area contributed by atoms with Crippen LogP contribution in [-0.4, -0.2) is 48.7 Å². The average molecular weight is 298 g/mol. The molecule has 2 N–H and O–H groups in total. The Morgan fingerprint density at radius 3 is 2.62 bits per heavy atom. The minimum atomic E-state index is -1.08. The molecule has 1 rings (SSSR count). The molecule has 0 aromatic carbocycles. The number of carboxylic acid groups (broad SMARTS) is 1. The minimum absolute atomic E-state index is 0.0650. The Morgan fingerprint density at radius 2 is 2.10 bits per heavy atom. The molecule has 0 saturated carbocycles. The van der Waals surface area contributed by atoms with Gasteiger partial charge in [-0.05, 0) is 13.0 Å². The number of aryl methyl sites for hydroxylation is 1. The van der Waals surface area contributed by atoms with E-state index in [1.165, 1.54) is 32.0 Å². The molecule has 0 spiro atoms. The summed E-state index contributed by atoms with van der Waals surface area (Å²) in [6.07, 6.45) is 0.101. The lowest BCUT2D eigenvalue weighted by molar-refractivity contribution is -0.140. The van der Waals surface area contributed by atoms with Gasteiger partial charge in [0.05, 0.1) is 20.1 Å². The molecule has 2 amide bonds. The molecule has 0 aliphatic heterocycles. The van der Waals surface area contributed by atoms with Crippen molar-refractivity contribution in [3.8, 4) is 0 Å². The van der Waals surface area contributed by atoms with E-state index in [-0.39, 0.29) is 30.8 Å². The molecule has 0 unspecified atom stereocenters. The highest BCUT2D eigenvalue weighted by Crippen LogP contribution is 2.14. The molecule has 8 nitrogen and oxygen atoms in total. The monoisotopic (exact) mass is 298 g/mol. The molecule has 8 heteroatoms. The molecule has 1 aromatic rings. The van der Waals surface area contributed by atoms with Crippen LogP contribution in [-0.2, 0) is 16.1 Å². The van der Waals surface area contributed by atoms with Crippen LogP contribution in [0, 0.1) is 6.92 Å². The third kappa shape index (κ3) is 4.83. The maximum Gasteiger partial charge on any atom is 0.339 e. The maximum atomic E-state index is 11.7. The highest BCUT2D eigenvalue weighted by atomic mass is 16.5. The second-order valence-corrected chi connectivity index (χ2v) is 4.39.